The Kier molecular flexibility index (Phi) is 7.02. The number of aryl methyl sites for hydroxylation is 1. The predicted octanol–water partition coefficient (Wildman–Crippen LogP) is 3.71. The van der Waals surface area contributed by atoms with E-state index < -0.39 is 0 Å². The molecule has 7 heteroatoms. The van der Waals surface area contributed by atoms with Crippen molar-refractivity contribution in [1.29, 1.82) is 5.26 Å². The molecule has 0 unspecified atom stereocenters. The smallest absolute Gasteiger partial charge is 0.246 e. The van der Waals surface area contributed by atoms with Gasteiger partial charge in [-0.2, -0.15) is 10.2 Å². The Morgan fingerprint density at radius 3 is 2.93 bits per heavy atom. The number of aromatic nitrogens is 2. The Hall–Kier alpha value is -3.40. The van der Waals surface area contributed by atoms with E-state index in [0.717, 1.165) is 48.6 Å². The van der Waals surface area contributed by atoms with E-state index in [1.807, 2.05) is 38.1 Å². The van der Waals surface area contributed by atoms with E-state index in [-0.39, 0.29) is 11.9 Å². The molecule has 1 fully saturated rings. The van der Waals surface area contributed by atoms with Crippen molar-refractivity contribution in [3.05, 3.63) is 53.2 Å². The average Bonchev–Trinajstić information content (AvgIpc) is 3.22. The SMILES string of the molecule is C/C=C(\C)C(=O)N[C@H]1CCN(c2cc(CCC)nc(Nc3cccc(C#N)c3)n2)C1. The van der Waals surface area contributed by atoms with Gasteiger partial charge in [0.15, 0.2) is 0 Å². The summed E-state index contributed by atoms with van der Waals surface area (Å²) in [5.41, 5.74) is 3.06. The molecule has 1 atom stereocenters. The van der Waals surface area contributed by atoms with Crippen LogP contribution in [0.1, 0.15) is 44.9 Å². The highest BCUT2D eigenvalue weighted by Gasteiger charge is 2.25. The van der Waals surface area contributed by atoms with Crippen LogP contribution in [0.2, 0.25) is 0 Å². The largest absolute Gasteiger partial charge is 0.354 e. The number of carbonyl (C=O) groups excluding carboxylic acids is 1. The summed E-state index contributed by atoms with van der Waals surface area (Å²) in [5.74, 6) is 1.36. The van der Waals surface area contributed by atoms with Crippen LogP contribution in [0.4, 0.5) is 17.5 Å². The summed E-state index contributed by atoms with van der Waals surface area (Å²) < 4.78 is 0. The first-order valence-electron chi connectivity index (χ1n) is 10.4. The Morgan fingerprint density at radius 2 is 2.20 bits per heavy atom. The van der Waals surface area contributed by atoms with Crippen molar-refractivity contribution < 1.29 is 4.79 Å². The maximum absolute atomic E-state index is 12.2. The Morgan fingerprint density at radius 1 is 1.37 bits per heavy atom. The van der Waals surface area contributed by atoms with Gasteiger partial charge in [0.25, 0.3) is 0 Å². The molecule has 2 N–H and O–H groups in total. The van der Waals surface area contributed by atoms with Gasteiger partial charge in [0.05, 0.1) is 11.6 Å². The molecule has 7 nitrogen and oxygen atoms in total. The highest BCUT2D eigenvalue weighted by molar-refractivity contribution is 5.92. The number of nitrogens with one attached hydrogen (secondary N) is 2. The van der Waals surface area contributed by atoms with Gasteiger partial charge in [-0.1, -0.05) is 25.5 Å². The van der Waals surface area contributed by atoms with Crippen molar-refractivity contribution >= 4 is 23.4 Å². The quantitative estimate of drug-likeness (QED) is 0.684. The minimum absolute atomic E-state index is 0.0153. The van der Waals surface area contributed by atoms with Gasteiger partial charge < -0.3 is 15.5 Å². The normalized spacial score (nSPS) is 16.3. The summed E-state index contributed by atoms with van der Waals surface area (Å²) in [6.45, 7) is 7.35. The van der Waals surface area contributed by atoms with Crippen LogP contribution in [-0.2, 0) is 11.2 Å². The van der Waals surface area contributed by atoms with Crippen LogP contribution in [0, 0.1) is 11.3 Å². The molecule has 1 aliphatic heterocycles. The lowest BCUT2D eigenvalue weighted by Gasteiger charge is -2.20. The van der Waals surface area contributed by atoms with Gasteiger partial charge in [-0.05, 0) is 44.9 Å². The molecule has 2 aromatic rings. The fourth-order valence-electron chi connectivity index (χ4n) is 3.40. The van der Waals surface area contributed by atoms with Crippen LogP contribution in [0.25, 0.3) is 0 Å². The van der Waals surface area contributed by atoms with Crippen molar-refractivity contribution in [3.63, 3.8) is 0 Å². The third-order valence-electron chi connectivity index (χ3n) is 5.16. The molecule has 0 aliphatic carbocycles. The molecule has 2 heterocycles. The van der Waals surface area contributed by atoms with E-state index in [1.165, 1.54) is 0 Å². The number of hydrogen-bond acceptors (Lipinski definition) is 6. The molecule has 0 saturated carbocycles. The van der Waals surface area contributed by atoms with Crippen LogP contribution in [0.5, 0.6) is 0 Å². The van der Waals surface area contributed by atoms with E-state index in [9.17, 15) is 4.79 Å². The number of rotatable bonds is 7. The number of benzene rings is 1. The van der Waals surface area contributed by atoms with Gasteiger partial charge in [-0.15, -0.1) is 0 Å². The molecule has 0 radical (unpaired) electrons. The number of hydrogen-bond donors (Lipinski definition) is 2. The number of allylic oxidation sites excluding steroid dienone is 1. The summed E-state index contributed by atoms with van der Waals surface area (Å²) in [6, 6.07) is 11.5. The Labute approximate surface area is 177 Å². The summed E-state index contributed by atoms with van der Waals surface area (Å²) in [4.78, 5) is 23.7. The van der Waals surface area contributed by atoms with Gasteiger partial charge in [0, 0.05) is 42.2 Å². The molecule has 0 spiro atoms. The lowest BCUT2D eigenvalue weighted by atomic mass is 10.2. The zero-order chi connectivity index (χ0) is 21.5. The molecule has 0 bridgehead atoms. The number of nitriles is 1. The second-order valence-corrected chi connectivity index (χ2v) is 7.49. The van der Waals surface area contributed by atoms with Gasteiger partial charge in [-0.3, -0.25) is 4.79 Å². The monoisotopic (exact) mass is 404 g/mol. The van der Waals surface area contributed by atoms with Crippen molar-refractivity contribution in [3.8, 4) is 6.07 Å². The Balaban J connectivity index is 1.77. The van der Waals surface area contributed by atoms with Gasteiger partial charge >= 0.3 is 0 Å². The molecule has 30 heavy (non-hydrogen) atoms. The van der Waals surface area contributed by atoms with Crippen molar-refractivity contribution in [2.45, 2.75) is 46.1 Å². The molecule has 1 aliphatic rings. The third-order valence-corrected chi connectivity index (χ3v) is 5.16. The first-order chi connectivity index (χ1) is 14.5. The summed E-state index contributed by atoms with van der Waals surface area (Å²) in [5, 5.41) is 15.4. The van der Waals surface area contributed by atoms with Crippen molar-refractivity contribution in [2.24, 2.45) is 0 Å². The predicted molar refractivity (Wildman–Crippen MR) is 119 cm³/mol. The fraction of sp³-hybridized carbons (Fsp3) is 0.391. The lowest BCUT2D eigenvalue weighted by Crippen LogP contribution is -2.37. The van der Waals surface area contributed by atoms with Crippen LogP contribution >= 0.6 is 0 Å². The number of anilines is 3. The van der Waals surface area contributed by atoms with Gasteiger partial charge in [0.2, 0.25) is 11.9 Å². The zero-order valence-corrected chi connectivity index (χ0v) is 17.8. The minimum atomic E-state index is -0.0153. The van der Waals surface area contributed by atoms with Crippen LogP contribution < -0.4 is 15.5 Å². The van der Waals surface area contributed by atoms with Crippen molar-refractivity contribution in [2.75, 3.05) is 23.3 Å². The first-order valence-corrected chi connectivity index (χ1v) is 10.4. The number of carbonyl (C=O) groups is 1. The zero-order valence-electron chi connectivity index (χ0n) is 17.8. The van der Waals surface area contributed by atoms with E-state index >= 15 is 0 Å². The second-order valence-electron chi connectivity index (χ2n) is 7.49. The second kappa shape index (κ2) is 9.88. The molecular weight excluding hydrogens is 376 g/mol. The summed E-state index contributed by atoms with van der Waals surface area (Å²) in [6.07, 6.45) is 4.55. The maximum atomic E-state index is 12.2. The van der Waals surface area contributed by atoms with Gasteiger partial charge in [-0.25, -0.2) is 4.98 Å². The number of nitrogens with zero attached hydrogens (tertiary/aromatic N) is 4. The van der Waals surface area contributed by atoms with Crippen LogP contribution in [-0.4, -0.2) is 35.0 Å². The molecule has 3 rings (SSSR count). The topological polar surface area (TPSA) is 93.9 Å². The molecule has 156 valence electrons. The average molecular weight is 405 g/mol. The lowest BCUT2D eigenvalue weighted by molar-refractivity contribution is -0.118. The summed E-state index contributed by atoms with van der Waals surface area (Å²) in [7, 11) is 0. The fourth-order valence-corrected chi connectivity index (χ4v) is 3.40. The third kappa shape index (κ3) is 5.35. The van der Waals surface area contributed by atoms with E-state index in [4.69, 9.17) is 10.2 Å². The van der Waals surface area contributed by atoms with Crippen LogP contribution in [0.3, 0.4) is 0 Å². The van der Waals surface area contributed by atoms with E-state index in [1.54, 1.807) is 12.1 Å². The Bertz CT molecular complexity index is 978. The highest BCUT2D eigenvalue weighted by atomic mass is 16.1. The van der Waals surface area contributed by atoms with Crippen LogP contribution in [0.15, 0.2) is 42.0 Å². The van der Waals surface area contributed by atoms with Crippen molar-refractivity contribution in [1.82, 2.24) is 15.3 Å². The maximum Gasteiger partial charge on any atom is 0.246 e. The summed E-state index contributed by atoms with van der Waals surface area (Å²) >= 11 is 0. The number of amides is 1. The first kappa shape index (κ1) is 21.3. The highest BCUT2D eigenvalue weighted by Crippen LogP contribution is 2.23. The van der Waals surface area contributed by atoms with E-state index in [2.05, 4.69) is 33.5 Å². The molecule has 1 amide bonds. The molecule has 1 saturated heterocycles. The minimum Gasteiger partial charge on any atom is -0.354 e. The molecular formula is C23H28N6O. The molecule has 1 aromatic heterocycles. The molecule has 1 aromatic carbocycles. The van der Waals surface area contributed by atoms with E-state index in [0.29, 0.717) is 18.1 Å². The van der Waals surface area contributed by atoms with Gasteiger partial charge in [0.1, 0.15) is 5.82 Å². The standard InChI is InChI=1S/C23H28N6O/c1-4-7-18-13-21(29-11-10-20(15-29)25-22(30)16(3)5-2)28-23(26-18)27-19-9-6-8-17(12-19)14-24/h5-6,8-9,12-13,20H,4,7,10-11,15H2,1-3H3,(H,25,30)(H,26,27,28)/b16-5+/t20-/m0/s1.